The monoisotopic (exact) mass is 308 g/mol. The number of hydrogen-bond acceptors (Lipinski definition) is 3. The molecule has 0 saturated carbocycles. The fourth-order valence-corrected chi connectivity index (χ4v) is 3.36. The van der Waals surface area contributed by atoms with Crippen LogP contribution in [-0.4, -0.2) is 31.3 Å². The van der Waals surface area contributed by atoms with Crippen molar-refractivity contribution in [2.75, 3.05) is 13.6 Å². The van der Waals surface area contributed by atoms with Gasteiger partial charge in [-0.05, 0) is 36.8 Å². The Morgan fingerprint density at radius 1 is 1.24 bits per heavy atom. The molecule has 6 heteroatoms. The second-order valence-electron chi connectivity index (χ2n) is 4.81. The van der Waals surface area contributed by atoms with Gasteiger partial charge in [0.25, 0.3) is 0 Å². The summed E-state index contributed by atoms with van der Waals surface area (Å²) < 4.78 is 39.5. The predicted octanol–water partition coefficient (Wildman–Crippen LogP) is 2.39. The first kappa shape index (κ1) is 15.6. The van der Waals surface area contributed by atoms with E-state index >= 15 is 0 Å². The van der Waals surface area contributed by atoms with Crippen molar-refractivity contribution in [2.24, 2.45) is 0 Å². The van der Waals surface area contributed by atoms with E-state index in [9.17, 15) is 12.8 Å². The van der Waals surface area contributed by atoms with Crippen molar-refractivity contribution < 1.29 is 12.8 Å². The zero-order chi connectivity index (χ0) is 15.5. The standard InChI is InChI=1S/C15H17FN2O2S/c1-12-6-7-13(16)11-15(12)21(19,20)18(2)10-8-14-5-3-4-9-17-14/h3-7,9,11H,8,10H2,1-2H3. The molecule has 1 aromatic carbocycles. The van der Waals surface area contributed by atoms with Crippen LogP contribution in [0.25, 0.3) is 0 Å². The average molecular weight is 308 g/mol. The summed E-state index contributed by atoms with van der Waals surface area (Å²) in [6.07, 6.45) is 2.17. The summed E-state index contributed by atoms with van der Waals surface area (Å²) in [5.41, 5.74) is 1.34. The molecule has 1 aromatic heterocycles. The Morgan fingerprint density at radius 2 is 2.00 bits per heavy atom. The number of halogens is 1. The van der Waals surface area contributed by atoms with Crippen LogP contribution in [0.5, 0.6) is 0 Å². The Labute approximate surface area is 124 Å². The summed E-state index contributed by atoms with van der Waals surface area (Å²) in [5.74, 6) is -0.558. The SMILES string of the molecule is Cc1ccc(F)cc1S(=O)(=O)N(C)CCc1ccccn1. The molecule has 112 valence electrons. The number of aromatic nitrogens is 1. The van der Waals surface area contributed by atoms with Gasteiger partial charge >= 0.3 is 0 Å². The van der Waals surface area contributed by atoms with E-state index in [1.54, 1.807) is 19.2 Å². The third-order valence-electron chi connectivity index (χ3n) is 3.25. The Bertz CT molecular complexity index is 718. The van der Waals surface area contributed by atoms with Gasteiger partial charge in [-0.1, -0.05) is 12.1 Å². The van der Waals surface area contributed by atoms with E-state index in [1.807, 2.05) is 12.1 Å². The molecular formula is C15H17FN2O2S. The summed E-state index contributed by atoms with van der Waals surface area (Å²) >= 11 is 0. The maximum absolute atomic E-state index is 13.3. The molecule has 0 unspecified atom stereocenters. The van der Waals surface area contributed by atoms with E-state index in [0.717, 1.165) is 11.8 Å². The maximum atomic E-state index is 13.3. The third-order valence-corrected chi connectivity index (χ3v) is 5.25. The molecule has 21 heavy (non-hydrogen) atoms. The minimum atomic E-state index is -3.70. The van der Waals surface area contributed by atoms with Gasteiger partial charge in [0.15, 0.2) is 0 Å². The van der Waals surface area contributed by atoms with Crippen LogP contribution in [0.4, 0.5) is 4.39 Å². The van der Waals surface area contributed by atoms with Gasteiger partial charge in [-0.25, -0.2) is 17.1 Å². The smallest absolute Gasteiger partial charge is 0.243 e. The summed E-state index contributed by atoms with van der Waals surface area (Å²) in [6.45, 7) is 1.94. The van der Waals surface area contributed by atoms with E-state index in [1.165, 1.54) is 23.5 Å². The highest BCUT2D eigenvalue weighted by molar-refractivity contribution is 7.89. The Hall–Kier alpha value is -1.79. The lowest BCUT2D eigenvalue weighted by Gasteiger charge is -2.18. The first-order chi connectivity index (χ1) is 9.91. The van der Waals surface area contributed by atoms with Crippen molar-refractivity contribution in [3.05, 3.63) is 59.7 Å². The molecule has 0 N–H and O–H groups in total. The molecule has 0 spiro atoms. The summed E-state index contributed by atoms with van der Waals surface area (Å²) in [5, 5.41) is 0. The lowest BCUT2D eigenvalue weighted by molar-refractivity contribution is 0.469. The zero-order valence-corrected chi connectivity index (χ0v) is 12.8. The molecule has 0 fully saturated rings. The van der Waals surface area contributed by atoms with Crippen molar-refractivity contribution in [3.63, 3.8) is 0 Å². The van der Waals surface area contributed by atoms with Gasteiger partial charge in [-0.15, -0.1) is 0 Å². The van der Waals surface area contributed by atoms with Crippen LogP contribution in [0.3, 0.4) is 0 Å². The van der Waals surface area contributed by atoms with Crippen LogP contribution in [-0.2, 0) is 16.4 Å². The van der Waals surface area contributed by atoms with Crippen molar-refractivity contribution in [1.82, 2.24) is 9.29 Å². The Morgan fingerprint density at radius 3 is 2.67 bits per heavy atom. The van der Waals surface area contributed by atoms with Crippen LogP contribution in [0, 0.1) is 12.7 Å². The molecule has 2 rings (SSSR count). The highest BCUT2D eigenvalue weighted by Gasteiger charge is 2.23. The molecule has 0 radical (unpaired) electrons. The molecule has 0 aliphatic carbocycles. The van der Waals surface area contributed by atoms with Gasteiger partial charge in [-0.2, -0.15) is 0 Å². The van der Waals surface area contributed by atoms with Gasteiger partial charge < -0.3 is 0 Å². The largest absolute Gasteiger partial charge is 0.261 e. The highest BCUT2D eigenvalue weighted by Crippen LogP contribution is 2.20. The number of rotatable bonds is 5. The average Bonchev–Trinajstić information content (AvgIpc) is 2.48. The number of likely N-dealkylation sites (N-methyl/N-ethyl adjacent to an activating group) is 1. The number of hydrogen-bond donors (Lipinski definition) is 0. The van der Waals surface area contributed by atoms with Crippen LogP contribution in [0.15, 0.2) is 47.5 Å². The topological polar surface area (TPSA) is 50.3 Å². The fraction of sp³-hybridized carbons (Fsp3) is 0.267. The Balaban J connectivity index is 2.17. The molecule has 0 aliphatic heterocycles. The van der Waals surface area contributed by atoms with Gasteiger partial charge in [0.05, 0.1) is 4.90 Å². The van der Waals surface area contributed by atoms with Crippen molar-refractivity contribution in [2.45, 2.75) is 18.2 Å². The summed E-state index contributed by atoms with van der Waals surface area (Å²) in [4.78, 5) is 4.16. The van der Waals surface area contributed by atoms with Crippen LogP contribution in [0.2, 0.25) is 0 Å². The number of nitrogens with zero attached hydrogens (tertiary/aromatic N) is 2. The first-order valence-electron chi connectivity index (χ1n) is 6.53. The molecule has 0 aliphatic rings. The van der Waals surface area contributed by atoms with Crippen LogP contribution >= 0.6 is 0 Å². The Kier molecular flexibility index (Phi) is 4.69. The molecule has 0 saturated heterocycles. The molecule has 2 aromatic rings. The fourth-order valence-electron chi connectivity index (χ4n) is 1.96. The minimum Gasteiger partial charge on any atom is -0.261 e. The normalized spacial score (nSPS) is 11.8. The van der Waals surface area contributed by atoms with Crippen LogP contribution < -0.4 is 0 Å². The van der Waals surface area contributed by atoms with Gasteiger partial charge in [-0.3, -0.25) is 4.98 Å². The van der Waals surface area contributed by atoms with Crippen molar-refractivity contribution >= 4 is 10.0 Å². The molecule has 1 heterocycles. The first-order valence-corrected chi connectivity index (χ1v) is 7.97. The van der Waals surface area contributed by atoms with E-state index in [2.05, 4.69) is 4.98 Å². The maximum Gasteiger partial charge on any atom is 0.243 e. The number of sulfonamides is 1. The molecule has 4 nitrogen and oxygen atoms in total. The number of benzene rings is 1. The van der Waals surface area contributed by atoms with Gasteiger partial charge in [0.2, 0.25) is 10.0 Å². The molecule has 0 bridgehead atoms. The number of pyridine rings is 1. The minimum absolute atomic E-state index is 0.00557. The molecule has 0 amide bonds. The van der Waals surface area contributed by atoms with E-state index in [4.69, 9.17) is 0 Å². The van der Waals surface area contributed by atoms with E-state index in [0.29, 0.717) is 12.0 Å². The van der Waals surface area contributed by atoms with Gasteiger partial charge in [0, 0.05) is 31.9 Å². The van der Waals surface area contributed by atoms with Crippen molar-refractivity contribution in [1.29, 1.82) is 0 Å². The predicted molar refractivity (Wildman–Crippen MR) is 78.9 cm³/mol. The second-order valence-corrected chi connectivity index (χ2v) is 6.82. The van der Waals surface area contributed by atoms with E-state index in [-0.39, 0.29) is 11.4 Å². The molecule has 0 atom stereocenters. The quantitative estimate of drug-likeness (QED) is 0.852. The summed E-state index contributed by atoms with van der Waals surface area (Å²) in [6, 6.07) is 9.28. The second kappa shape index (κ2) is 6.32. The highest BCUT2D eigenvalue weighted by atomic mass is 32.2. The summed E-state index contributed by atoms with van der Waals surface area (Å²) in [7, 11) is -2.21. The van der Waals surface area contributed by atoms with Crippen molar-refractivity contribution in [3.8, 4) is 0 Å². The number of aryl methyl sites for hydroxylation is 1. The third kappa shape index (κ3) is 3.65. The van der Waals surface area contributed by atoms with Crippen LogP contribution in [0.1, 0.15) is 11.3 Å². The van der Waals surface area contributed by atoms with Gasteiger partial charge in [0.1, 0.15) is 5.82 Å². The lowest BCUT2D eigenvalue weighted by Crippen LogP contribution is -2.29. The lowest BCUT2D eigenvalue weighted by atomic mass is 10.2. The van der Waals surface area contributed by atoms with E-state index < -0.39 is 15.8 Å². The zero-order valence-electron chi connectivity index (χ0n) is 12.0. The molecular weight excluding hydrogens is 291 g/mol.